The highest BCUT2D eigenvalue weighted by atomic mass is 28.3. The minimum Gasteiger partial charge on any atom is -0.312 e. The van der Waals surface area contributed by atoms with Crippen molar-refractivity contribution in [2.45, 2.75) is 0 Å². The second kappa shape index (κ2) is 13.5. The Morgan fingerprint density at radius 2 is 0.847 bits per heavy atom. The molecule has 0 amide bonds. The van der Waals surface area contributed by atoms with E-state index in [4.69, 9.17) is 0 Å². The zero-order valence-electron chi connectivity index (χ0n) is 32.4. The fraction of sp³-hybridized carbons (Fsp3) is 0. The van der Waals surface area contributed by atoms with E-state index in [2.05, 4.69) is 227 Å². The fourth-order valence-corrected chi connectivity index (χ4v) is 16.6. The number of fused-ring (bicyclic) bond motifs is 10. The number of para-hydroxylation sites is 3. The molecule has 0 fully saturated rings. The van der Waals surface area contributed by atoms with Gasteiger partial charge in [-0.2, -0.15) is 0 Å². The molecule has 0 bridgehead atoms. The van der Waals surface area contributed by atoms with E-state index in [1.807, 2.05) is 12.4 Å². The molecule has 0 N–H and O–H groups in total. The summed E-state index contributed by atoms with van der Waals surface area (Å²) in [6, 6.07) is 79.5. The Morgan fingerprint density at radius 1 is 0.373 bits per heavy atom. The van der Waals surface area contributed by atoms with Crippen molar-refractivity contribution < 1.29 is 0 Å². The van der Waals surface area contributed by atoms with Crippen molar-refractivity contribution in [3.8, 4) is 0 Å². The number of hydrogen-bond acceptors (Lipinski definition) is 3. The Labute approximate surface area is 347 Å². The van der Waals surface area contributed by atoms with Gasteiger partial charge in [0.25, 0.3) is 0 Å². The number of pyridine rings is 1. The molecule has 59 heavy (non-hydrogen) atoms. The molecule has 3 aliphatic heterocycles. The lowest BCUT2D eigenvalue weighted by atomic mass is 9.34. The monoisotopic (exact) mass is 765 g/mol. The van der Waals surface area contributed by atoms with Gasteiger partial charge < -0.3 is 9.80 Å². The molecule has 0 radical (unpaired) electrons. The van der Waals surface area contributed by atoms with Gasteiger partial charge in [0, 0.05) is 46.5 Å². The molecule has 274 valence electrons. The number of anilines is 6. The highest BCUT2D eigenvalue weighted by molar-refractivity contribution is 7.31. The van der Waals surface area contributed by atoms with Gasteiger partial charge in [0.2, 0.25) is 13.4 Å². The zero-order chi connectivity index (χ0) is 38.9. The Balaban J connectivity index is 1.09. The smallest absolute Gasteiger partial charge is 0.246 e. The molecule has 0 atom stereocenters. The van der Waals surface area contributed by atoms with Crippen LogP contribution in [-0.4, -0.2) is 26.5 Å². The van der Waals surface area contributed by atoms with Crippen LogP contribution < -0.4 is 63.3 Å². The van der Waals surface area contributed by atoms with E-state index in [1.54, 1.807) is 0 Å². The Hall–Kier alpha value is -7.14. The van der Waals surface area contributed by atoms with Crippen molar-refractivity contribution in [3.05, 3.63) is 225 Å². The van der Waals surface area contributed by atoms with E-state index in [0.717, 1.165) is 17.1 Å². The standard InChI is InChI=1S/C53H37B2N3Si/c1-3-16-39(17-4-1)57(42-34-36-56-37-35-42)41-32-30-38(31-33-41)54-44-21-8-12-26-49(44)59(50-27-13-9-22-45(50)54)51-28-14-10-23-46(51)55-43-20-7-11-24-47(43)58(40-18-5-2-6-19-40)48-25-15-29-52(59)53(48)55/h1-37H. The SMILES string of the molecule is c1ccc(N(c2ccncc2)c2ccc(B3c4ccccc4[Si]4(c5ccccc53)c3ccccc3B3c5ccccc5N(c5ccccc5)c5cccc4c53)cc2)cc1. The van der Waals surface area contributed by atoms with Crippen LogP contribution in [0.5, 0.6) is 0 Å². The lowest BCUT2D eigenvalue weighted by Gasteiger charge is -2.50. The van der Waals surface area contributed by atoms with Gasteiger partial charge in [-0.1, -0.05) is 174 Å². The number of rotatable bonds is 5. The Kier molecular flexibility index (Phi) is 7.75. The summed E-state index contributed by atoms with van der Waals surface area (Å²) >= 11 is 0. The summed E-state index contributed by atoms with van der Waals surface area (Å²) in [4.78, 5) is 9.13. The molecule has 6 heteroatoms. The molecule has 0 unspecified atom stereocenters. The average Bonchev–Trinajstić information content (AvgIpc) is 3.31. The molecule has 3 aliphatic rings. The van der Waals surface area contributed by atoms with Gasteiger partial charge in [-0.25, -0.2) is 0 Å². The minimum atomic E-state index is -2.89. The van der Waals surface area contributed by atoms with Gasteiger partial charge in [0.05, 0.1) is 0 Å². The van der Waals surface area contributed by atoms with Crippen LogP contribution in [0.1, 0.15) is 0 Å². The predicted molar refractivity (Wildman–Crippen MR) is 253 cm³/mol. The Morgan fingerprint density at radius 3 is 1.49 bits per heavy atom. The van der Waals surface area contributed by atoms with Crippen molar-refractivity contribution in [1.82, 2.24) is 4.98 Å². The van der Waals surface area contributed by atoms with Crippen LogP contribution in [-0.2, 0) is 0 Å². The molecule has 0 aliphatic carbocycles. The summed E-state index contributed by atoms with van der Waals surface area (Å²) in [5.74, 6) is 0. The topological polar surface area (TPSA) is 19.4 Å². The third kappa shape index (κ3) is 4.93. The van der Waals surface area contributed by atoms with E-state index in [0.29, 0.717) is 0 Å². The van der Waals surface area contributed by atoms with E-state index in [9.17, 15) is 0 Å². The third-order valence-electron chi connectivity index (χ3n) is 13.0. The molecular formula is C53H37B2N3Si. The van der Waals surface area contributed by atoms with Crippen molar-refractivity contribution in [1.29, 1.82) is 0 Å². The van der Waals surface area contributed by atoms with Gasteiger partial charge in [0.1, 0.15) is 0 Å². The Bertz CT molecular complexity index is 2940. The second-order valence-electron chi connectivity index (χ2n) is 15.8. The number of nitrogens with zero attached hydrogens (tertiary/aromatic N) is 3. The summed E-state index contributed by atoms with van der Waals surface area (Å²) in [7, 11) is -2.89. The summed E-state index contributed by atoms with van der Waals surface area (Å²) in [6.45, 7) is 0.205. The second-order valence-corrected chi connectivity index (χ2v) is 19.5. The lowest BCUT2D eigenvalue weighted by Crippen LogP contribution is -2.93. The van der Waals surface area contributed by atoms with Crippen LogP contribution in [0.25, 0.3) is 0 Å². The highest BCUT2D eigenvalue weighted by Crippen LogP contribution is 2.37. The van der Waals surface area contributed by atoms with E-state index >= 15 is 0 Å². The van der Waals surface area contributed by atoms with Crippen LogP contribution in [0.2, 0.25) is 0 Å². The molecule has 0 saturated carbocycles. The maximum atomic E-state index is 4.32. The van der Waals surface area contributed by atoms with Gasteiger partial charge in [-0.15, -0.1) is 0 Å². The van der Waals surface area contributed by atoms with Crippen LogP contribution >= 0.6 is 0 Å². The number of aromatic nitrogens is 1. The predicted octanol–water partition coefficient (Wildman–Crippen LogP) is 5.37. The van der Waals surface area contributed by atoms with Crippen LogP contribution in [0, 0.1) is 0 Å². The largest absolute Gasteiger partial charge is 0.312 e. The van der Waals surface area contributed by atoms with Gasteiger partial charge >= 0.3 is 0 Å². The summed E-state index contributed by atoms with van der Waals surface area (Å²) < 4.78 is 0. The van der Waals surface area contributed by atoms with Crippen LogP contribution in [0.3, 0.4) is 0 Å². The molecule has 8 aromatic carbocycles. The number of benzene rings is 8. The molecule has 0 saturated heterocycles. The molecule has 9 aromatic rings. The van der Waals surface area contributed by atoms with E-state index in [-0.39, 0.29) is 13.4 Å². The molecule has 3 nitrogen and oxygen atoms in total. The first-order valence-corrected chi connectivity index (χ1v) is 22.5. The molecule has 12 rings (SSSR count). The molecule has 1 spiro atoms. The zero-order valence-corrected chi connectivity index (χ0v) is 33.4. The van der Waals surface area contributed by atoms with Crippen LogP contribution in [0.15, 0.2) is 225 Å². The van der Waals surface area contributed by atoms with Crippen molar-refractivity contribution >= 4 is 109 Å². The van der Waals surface area contributed by atoms with Gasteiger partial charge in [-0.3, -0.25) is 4.98 Å². The van der Waals surface area contributed by atoms with Crippen LogP contribution in [0.4, 0.5) is 34.1 Å². The minimum absolute atomic E-state index is 0.0756. The first kappa shape index (κ1) is 33.9. The van der Waals surface area contributed by atoms with Crippen molar-refractivity contribution in [2.75, 3.05) is 9.80 Å². The summed E-state index contributed by atoms with van der Waals surface area (Å²) in [6.07, 6.45) is 3.73. The number of hydrogen-bond donors (Lipinski definition) is 0. The van der Waals surface area contributed by atoms with Crippen molar-refractivity contribution in [2.24, 2.45) is 0 Å². The third-order valence-corrected chi connectivity index (χ3v) is 18.0. The maximum Gasteiger partial charge on any atom is 0.246 e. The van der Waals surface area contributed by atoms with E-state index < -0.39 is 8.07 Å². The van der Waals surface area contributed by atoms with E-state index in [1.165, 1.54) is 70.6 Å². The summed E-state index contributed by atoms with van der Waals surface area (Å²) in [5.41, 5.74) is 15.4. The molecule has 4 heterocycles. The highest BCUT2D eigenvalue weighted by Gasteiger charge is 2.56. The first-order chi connectivity index (χ1) is 29.3. The summed E-state index contributed by atoms with van der Waals surface area (Å²) in [5, 5.41) is 5.97. The quantitative estimate of drug-likeness (QED) is 0.220. The molecule has 1 aromatic heterocycles. The normalized spacial score (nSPS) is 13.8. The van der Waals surface area contributed by atoms with Gasteiger partial charge in [-0.05, 0) is 92.3 Å². The van der Waals surface area contributed by atoms with Crippen molar-refractivity contribution in [3.63, 3.8) is 0 Å². The van der Waals surface area contributed by atoms with Gasteiger partial charge in [0.15, 0.2) is 8.07 Å². The fourth-order valence-electron chi connectivity index (χ4n) is 10.8. The average molecular weight is 766 g/mol. The lowest BCUT2D eigenvalue weighted by molar-refractivity contribution is 1.24. The maximum absolute atomic E-state index is 4.32. The molecular weight excluding hydrogens is 728 g/mol. The first-order valence-electron chi connectivity index (χ1n) is 20.5.